The van der Waals surface area contributed by atoms with E-state index in [1.165, 1.54) is 17.0 Å². The lowest BCUT2D eigenvalue weighted by Crippen LogP contribution is -2.52. The standard InChI is InChI=1S/C30H35BrFN3O5S/c1-5-21(3)33-30(37)22(4)34(19-23-7-9-24(31)10-8-23)29(36)20-35(26-13-15-27(16-14-26)40-6-2)41(38,39)28-17-11-25(32)12-18-28/h7-18,21-22H,5-6,19-20H2,1-4H3,(H,33,37). The second-order valence-electron chi connectivity index (χ2n) is 9.53. The molecule has 0 radical (unpaired) electrons. The van der Waals surface area contributed by atoms with Crippen molar-refractivity contribution in [2.75, 3.05) is 17.5 Å². The Hall–Kier alpha value is -3.44. The quantitative estimate of drug-likeness (QED) is 0.264. The lowest BCUT2D eigenvalue weighted by Gasteiger charge is -2.32. The van der Waals surface area contributed by atoms with Gasteiger partial charge in [0, 0.05) is 17.1 Å². The van der Waals surface area contributed by atoms with Crippen LogP contribution in [-0.4, -0.2) is 50.4 Å². The van der Waals surface area contributed by atoms with Crippen molar-refractivity contribution in [3.63, 3.8) is 0 Å². The zero-order valence-corrected chi connectivity index (χ0v) is 25.9. The van der Waals surface area contributed by atoms with E-state index in [9.17, 15) is 22.4 Å². The highest BCUT2D eigenvalue weighted by Crippen LogP contribution is 2.27. The second-order valence-corrected chi connectivity index (χ2v) is 12.3. The smallest absolute Gasteiger partial charge is 0.264 e. The first-order valence-electron chi connectivity index (χ1n) is 13.3. The van der Waals surface area contributed by atoms with Crippen LogP contribution in [0.4, 0.5) is 10.1 Å². The molecule has 0 saturated carbocycles. The van der Waals surface area contributed by atoms with Crippen LogP contribution in [0.25, 0.3) is 0 Å². The van der Waals surface area contributed by atoms with Crippen LogP contribution in [-0.2, 0) is 26.2 Å². The number of nitrogens with zero attached hydrogens (tertiary/aromatic N) is 2. The molecule has 41 heavy (non-hydrogen) atoms. The molecule has 2 atom stereocenters. The SMILES string of the molecule is CCOc1ccc(N(CC(=O)N(Cc2ccc(Br)cc2)C(C)C(=O)NC(C)CC)S(=O)(=O)c2ccc(F)cc2)cc1. The molecule has 0 heterocycles. The van der Waals surface area contributed by atoms with Gasteiger partial charge in [-0.05, 0) is 93.4 Å². The summed E-state index contributed by atoms with van der Waals surface area (Å²) < 4.78 is 48.6. The number of benzene rings is 3. The molecule has 0 fully saturated rings. The summed E-state index contributed by atoms with van der Waals surface area (Å²) in [7, 11) is -4.30. The van der Waals surface area contributed by atoms with Gasteiger partial charge in [0.1, 0.15) is 24.2 Å². The van der Waals surface area contributed by atoms with E-state index < -0.39 is 34.3 Å². The van der Waals surface area contributed by atoms with Crippen LogP contribution in [0.3, 0.4) is 0 Å². The third kappa shape index (κ3) is 8.53. The van der Waals surface area contributed by atoms with Gasteiger partial charge < -0.3 is 15.0 Å². The van der Waals surface area contributed by atoms with Gasteiger partial charge in [-0.3, -0.25) is 13.9 Å². The van der Waals surface area contributed by atoms with Crippen molar-refractivity contribution in [3.05, 3.63) is 88.6 Å². The number of halogens is 2. The maximum Gasteiger partial charge on any atom is 0.264 e. The number of anilines is 1. The first-order valence-corrected chi connectivity index (χ1v) is 15.5. The second kappa shape index (κ2) is 14.5. The largest absolute Gasteiger partial charge is 0.494 e. The zero-order valence-electron chi connectivity index (χ0n) is 23.5. The summed E-state index contributed by atoms with van der Waals surface area (Å²) >= 11 is 3.40. The molecule has 8 nitrogen and oxygen atoms in total. The molecular weight excluding hydrogens is 613 g/mol. The molecule has 0 aliphatic carbocycles. The van der Waals surface area contributed by atoms with E-state index in [1.807, 2.05) is 45.0 Å². The Bertz CT molecular complexity index is 1420. The van der Waals surface area contributed by atoms with Gasteiger partial charge in [-0.2, -0.15) is 0 Å². The van der Waals surface area contributed by atoms with Crippen molar-refractivity contribution >= 4 is 43.5 Å². The van der Waals surface area contributed by atoms with Gasteiger partial charge in [0.2, 0.25) is 11.8 Å². The van der Waals surface area contributed by atoms with E-state index in [1.54, 1.807) is 19.1 Å². The Labute approximate surface area is 249 Å². The van der Waals surface area contributed by atoms with E-state index in [0.29, 0.717) is 18.8 Å². The van der Waals surface area contributed by atoms with Crippen LogP contribution < -0.4 is 14.4 Å². The minimum atomic E-state index is -4.30. The Balaban J connectivity index is 2.02. The van der Waals surface area contributed by atoms with Crippen molar-refractivity contribution in [2.24, 2.45) is 0 Å². The molecule has 3 aromatic carbocycles. The Morgan fingerprint density at radius 2 is 1.56 bits per heavy atom. The number of sulfonamides is 1. The maximum absolute atomic E-state index is 13.9. The van der Waals surface area contributed by atoms with Gasteiger partial charge in [-0.25, -0.2) is 12.8 Å². The van der Waals surface area contributed by atoms with E-state index in [0.717, 1.165) is 38.6 Å². The van der Waals surface area contributed by atoms with Crippen LogP contribution in [0.2, 0.25) is 0 Å². The molecule has 1 N–H and O–H groups in total. The van der Waals surface area contributed by atoms with Crippen LogP contribution in [0, 0.1) is 5.82 Å². The molecule has 0 aromatic heterocycles. The van der Waals surface area contributed by atoms with Crippen LogP contribution >= 0.6 is 15.9 Å². The maximum atomic E-state index is 13.9. The van der Waals surface area contributed by atoms with Gasteiger partial charge in [0.05, 0.1) is 17.2 Å². The minimum Gasteiger partial charge on any atom is -0.494 e. The van der Waals surface area contributed by atoms with Gasteiger partial charge in [0.25, 0.3) is 10.0 Å². The minimum absolute atomic E-state index is 0.0783. The number of carbonyl (C=O) groups excluding carboxylic acids is 2. The third-order valence-electron chi connectivity index (χ3n) is 6.55. The number of nitrogens with one attached hydrogen (secondary N) is 1. The fourth-order valence-electron chi connectivity index (χ4n) is 3.97. The Morgan fingerprint density at radius 3 is 2.12 bits per heavy atom. The molecule has 3 rings (SSSR count). The highest BCUT2D eigenvalue weighted by Gasteiger charge is 2.33. The predicted molar refractivity (Wildman–Crippen MR) is 161 cm³/mol. The van der Waals surface area contributed by atoms with Gasteiger partial charge in [-0.1, -0.05) is 35.0 Å². The molecule has 2 amide bonds. The highest BCUT2D eigenvalue weighted by atomic mass is 79.9. The van der Waals surface area contributed by atoms with Crippen molar-refractivity contribution in [3.8, 4) is 5.75 Å². The first-order chi connectivity index (χ1) is 19.5. The zero-order chi connectivity index (χ0) is 30.2. The number of carbonyl (C=O) groups is 2. The first kappa shape index (κ1) is 32.1. The van der Waals surface area contributed by atoms with Crippen molar-refractivity contribution in [1.82, 2.24) is 10.2 Å². The monoisotopic (exact) mass is 647 g/mol. The van der Waals surface area contributed by atoms with Crippen molar-refractivity contribution in [1.29, 1.82) is 0 Å². The molecular formula is C30H35BrFN3O5S. The molecule has 11 heteroatoms. The summed E-state index contributed by atoms with van der Waals surface area (Å²) in [5.41, 5.74) is 0.977. The Morgan fingerprint density at radius 1 is 0.951 bits per heavy atom. The highest BCUT2D eigenvalue weighted by molar-refractivity contribution is 9.10. The van der Waals surface area contributed by atoms with Crippen molar-refractivity contribution in [2.45, 2.75) is 57.6 Å². The topological polar surface area (TPSA) is 96.0 Å². The molecule has 0 saturated heterocycles. The van der Waals surface area contributed by atoms with Crippen LogP contribution in [0.1, 0.15) is 39.7 Å². The number of hydrogen-bond donors (Lipinski definition) is 1. The van der Waals surface area contributed by atoms with E-state index in [-0.39, 0.29) is 29.1 Å². The normalized spacial score (nSPS) is 12.7. The fourth-order valence-corrected chi connectivity index (χ4v) is 5.65. The predicted octanol–water partition coefficient (Wildman–Crippen LogP) is 5.51. The number of amides is 2. The summed E-state index contributed by atoms with van der Waals surface area (Å²) in [4.78, 5) is 28.2. The molecule has 0 bridgehead atoms. The fraction of sp³-hybridized carbons (Fsp3) is 0.333. The lowest BCUT2D eigenvalue weighted by molar-refractivity contribution is -0.139. The molecule has 0 aliphatic heterocycles. The molecule has 0 aliphatic rings. The summed E-state index contributed by atoms with van der Waals surface area (Å²) in [6, 6.07) is 17.0. The van der Waals surface area contributed by atoms with Gasteiger partial charge in [0.15, 0.2) is 0 Å². The molecule has 0 spiro atoms. The summed E-state index contributed by atoms with van der Waals surface area (Å²) in [5.74, 6) is -0.985. The van der Waals surface area contributed by atoms with Gasteiger partial charge >= 0.3 is 0 Å². The van der Waals surface area contributed by atoms with Crippen LogP contribution in [0.15, 0.2) is 82.2 Å². The van der Waals surface area contributed by atoms with Gasteiger partial charge in [-0.15, -0.1) is 0 Å². The molecule has 2 unspecified atom stereocenters. The van der Waals surface area contributed by atoms with E-state index >= 15 is 0 Å². The molecule has 220 valence electrons. The van der Waals surface area contributed by atoms with Crippen molar-refractivity contribution < 1.29 is 27.1 Å². The summed E-state index contributed by atoms with van der Waals surface area (Å²) in [6.07, 6.45) is 0.709. The average molecular weight is 649 g/mol. The summed E-state index contributed by atoms with van der Waals surface area (Å²) in [5, 5.41) is 2.90. The number of ether oxygens (including phenoxy) is 1. The van der Waals surface area contributed by atoms with Crippen LogP contribution in [0.5, 0.6) is 5.75 Å². The Kier molecular flexibility index (Phi) is 11.3. The molecule has 3 aromatic rings. The number of rotatable bonds is 13. The lowest BCUT2D eigenvalue weighted by atomic mass is 10.1. The average Bonchev–Trinajstić information content (AvgIpc) is 2.95. The van der Waals surface area contributed by atoms with E-state index in [2.05, 4.69) is 21.2 Å². The van der Waals surface area contributed by atoms with E-state index in [4.69, 9.17) is 4.74 Å². The third-order valence-corrected chi connectivity index (χ3v) is 8.87. The summed E-state index contributed by atoms with van der Waals surface area (Å²) in [6.45, 7) is 7.17. The number of hydrogen-bond acceptors (Lipinski definition) is 5.